The van der Waals surface area contributed by atoms with E-state index < -0.39 is 0 Å². The maximum Gasteiger partial charge on any atom is 0.322 e. The fourth-order valence-electron chi connectivity index (χ4n) is 2.68. The van der Waals surface area contributed by atoms with Crippen molar-refractivity contribution in [3.63, 3.8) is 0 Å². The highest BCUT2D eigenvalue weighted by Crippen LogP contribution is 2.28. The molecule has 0 aliphatic rings. The molecule has 0 radical (unpaired) electrons. The van der Waals surface area contributed by atoms with Gasteiger partial charge in [0.1, 0.15) is 11.9 Å². The van der Waals surface area contributed by atoms with Crippen molar-refractivity contribution >= 4 is 23.3 Å². The molecule has 0 fully saturated rings. The van der Waals surface area contributed by atoms with Crippen molar-refractivity contribution < 1.29 is 4.79 Å². The Labute approximate surface area is 151 Å². The fraction of sp³-hybridized carbons (Fsp3) is 0.158. The monoisotopic (exact) mass is 354 g/mol. The summed E-state index contributed by atoms with van der Waals surface area (Å²) < 4.78 is 1.91. The molecule has 128 valence electrons. The van der Waals surface area contributed by atoms with Gasteiger partial charge in [-0.2, -0.15) is 0 Å². The number of nitrogens with zero attached hydrogens (tertiary/aromatic N) is 3. The van der Waals surface area contributed by atoms with Gasteiger partial charge in [-0.1, -0.05) is 41.9 Å². The summed E-state index contributed by atoms with van der Waals surface area (Å²) in [6.07, 6.45) is 3.59. The second-order valence-electron chi connectivity index (χ2n) is 5.76. The van der Waals surface area contributed by atoms with Crippen LogP contribution in [0, 0.1) is 0 Å². The summed E-state index contributed by atoms with van der Waals surface area (Å²) in [7, 11) is 3.67. The number of amides is 2. The summed E-state index contributed by atoms with van der Waals surface area (Å²) in [4.78, 5) is 18.8. The number of para-hydroxylation sites is 1. The number of aromatic nitrogens is 2. The lowest BCUT2D eigenvalue weighted by atomic mass is 10.1. The van der Waals surface area contributed by atoms with Gasteiger partial charge in [0.05, 0.1) is 0 Å². The summed E-state index contributed by atoms with van der Waals surface area (Å²) in [6, 6.07) is 16.3. The van der Waals surface area contributed by atoms with Gasteiger partial charge < -0.3 is 14.8 Å². The van der Waals surface area contributed by atoms with Crippen LogP contribution in [0.15, 0.2) is 67.0 Å². The van der Waals surface area contributed by atoms with Gasteiger partial charge in [0, 0.05) is 37.2 Å². The molecule has 6 heteroatoms. The van der Waals surface area contributed by atoms with Crippen LogP contribution in [0.2, 0.25) is 5.02 Å². The maximum atomic E-state index is 12.8. The normalized spacial score (nSPS) is 11.8. The van der Waals surface area contributed by atoms with Crippen LogP contribution in [0.5, 0.6) is 0 Å². The van der Waals surface area contributed by atoms with Crippen molar-refractivity contribution in [1.29, 1.82) is 0 Å². The molecule has 0 bridgehead atoms. The SMILES string of the molecule is CN(C(=O)Nc1ccccc1)[C@@H](c1ccc(Cl)cc1)c1nccn1C. The van der Waals surface area contributed by atoms with Crippen LogP contribution < -0.4 is 5.32 Å². The lowest BCUT2D eigenvalue weighted by molar-refractivity contribution is 0.209. The van der Waals surface area contributed by atoms with E-state index in [9.17, 15) is 4.79 Å². The molecule has 0 aliphatic carbocycles. The number of carbonyl (C=O) groups excluding carboxylic acids is 1. The summed E-state index contributed by atoms with van der Waals surface area (Å²) in [5.41, 5.74) is 1.68. The average molecular weight is 355 g/mol. The van der Waals surface area contributed by atoms with Crippen LogP contribution in [0.1, 0.15) is 17.4 Å². The van der Waals surface area contributed by atoms with Crippen molar-refractivity contribution in [3.8, 4) is 0 Å². The zero-order chi connectivity index (χ0) is 17.8. The number of nitrogens with one attached hydrogen (secondary N) is 1. The second kappa shape index (κ2) is 7.40. The molecule has 0 spiro atoms. The van der Waals surface area contributed by atoms with E-state index in [2.05, 4.69) is 10.3 Å². The molecule has 3 aromatic rings. The minimum absolute atomic E-state index is 0.214. The number of hydrogen-bond acceptors (Lipinski definition) is 2. The molecule has 2 aromatic carbocycles. The Balaban J connectivity index is 1.92. The van der Waals surface area contributed by atoms with E-state index in [-0.39, 0.29) is 12.1 Å². The number of hydrogen-bond donors (Lipinski definition) is 1. The Kier molecular flexibility index (Phi) is 5.05. The van der Waals surface area contributed by atoms with Crippen LogP contribution in [-0.4, -0.2) is 27.5 Å². The minimum Gasteiger partial charge on any atom is -0.336 e. The van der Waals surface area contributed by atoms with Gasteiger partial charge in [-0.3, -0.25) is 0 Å². The number of carbonyl (C=O) groups is 1. The molecule has 1 N–H and O–H groups in total. The second-order valence-corrected chi connectivity index (χ2v) is 6.19. The van der Waals surface area contributed by atoms with Crippen molar-refractivity contribution in [3.05, 3.63) is 83.4 Å². The molecular formula is C19H19ClN4O. The number of imidazole rings is 1. The Morgan fingerprint density at radius 2 is 1.84 bits per heavy atom. The molecule has 1 aromatic heterocycles. The number of halogens is 1. The van der Waals surface area contributed by atoms with Crippen LogP contribution in [-0.2, 0) is 7.05 Å². The van der Waals surface area contributed by atoms with E-state index >= 15 is 0 Å². The summed E-state index contributed by atoms with van der Waals surface area (Å²) in [5, 5.41) is 3.56. The summed E-state index contributed by atoms with van der Waals surface area (Å²) in [6.45, 7) is 0. The molecule has 0 saturated heterocycles. The molecule has 1 heterocycles. The molecule has 0 aliphatic heterocycles. The lowest BCUT2D eigenvalue weighted by Crippen LogP contribution is -2.36. The molecule has 0 saturated carbocycles. The van der Waals surface area contributed by atoms with Crippen LogP contribution in [0.3, 0.4) is 0 Å². The van der Waals surface area contributed by atoms with Gasteiger partial charge in [0.15, 0.2) is 0 Å². The highest BCUT2D eigenvalue weighted by molar-refractivity contribution is 6.30. The lowest BCUT2D eigenvalue weighted by Gasteiger charge is -2.28. The van der Waals surface area contributed by atoms with E-state index in [1.54, 1.807) is 18.1 Å². The highest BCUT2D eigenvalue weighted by Gasteiger charge is 2.26. The van der Waals surface area contributed by atoms with Crippen molar-refractivity contribution in [2.75, 3.05) is 12.4 Å². The van der Waals surface area contributed by atoms with E-state index in [4.69, 9.17) is 11.6 Å². The summed E-state index contributed by atoms with van der Waals surface area (Å²) in [5.74, 6) is 0.771. The van der Waals surface area contributed by atoms with Crippen LogP contribution >= 0.6 is 11.6 Å². The molecule has 0 unspecified atom stereocenters. The molecule has 25 heavy (non-hydrogen) atoms. The van der Waals surface area contributed by atoms with E-state index in [1.807, 2.05) is 72.4 Å². The highest BCUT2D eigenvalue weighted by atomic mass is 35.5. The van der Waals surface area contributed by atoms with Gasteiger partial charge in [-0.25, -0.2) is 9.78 Å². The fourth-order valence-corrected chi connectivity index (χ4v) is 2.81. The predicted octanol–water partition coefficient (Wildman–Crippen LogP) is 4.33. The first kappa shape index (κ1) is 17.0. The first-order valence-corrected chi connectivity index (χ1v) is 8.25. The van der Waals surface area contributed by atoms with E-state index in [0.29, 0.717) is 5.02 Å². The largest absolute Gasteiger partial charge is 0.336 e. The number of rotatable bonds is 4. The first-order chi connectivity index (χ1) is 12.1. The van der Waals surface area contributed by atoms with E-state index in [0.717, 1.165) is 17.1 Å². The van der Waals surface area contributed by atoms with E-state index in [1.165, 1.54) is 0 Å². The number of benzene rings is 2. The van der Waals surface area contributed by atoms with Crippen molar-refractivity contribution in [1.82, 2.24) is 14.5 Å². The number of anilines is 1. The molecule has 3 rings (SSSR count). The zero-order valence-corrected chi connectivity index (χ0v) is 14.8. The first-order valence-electron chi connectivity index (χ1n) is 7.88. The van der Waals surface area contributed by atoms with Crippen molar-refractivity contribution in [2.45, 2.75) is 6.04 Å². The quantitative estimate of drug-likeness (QED) is 0.758. The molecule has 1 atom stereocenters. The van der Waals surface area contributed by atoms with Gasteiger partial charge in [-0.15, -0.1) is 0 Å². The van der Waals surface area contributed by atoms with Gasteiger partial charge >= 0.3 is 6.03 Å². The average Bonchev–Trinajstić information content (AvgIpc) is 3.03. The van der Waals surface area contributed by atoms with Gasteiger partial charge in [0.25, 0.3) is 0 Å². The van der Waals surface area contributed by atoms with Crippen molar-refractivity contribution in [2.24, 2.45) is 7.05 Å². The molecule has 5 nitrogen and oxygen atoms in total. The number of aryl methyl sites for hydroxylation is 1. The smallest absolute Gasteiger partial charge is 0.322 e. The Morgan fingerprint density at radius 3 is 2.44 bits per heavy atom. The number of urea groups is 1. The standard InChI is InChI=1S/C19H19ClN4O/c1-23-13-12-21-18(23)17(14-8-10-15(20)11-9-14)24(2)19(25)22-16-6-4-3-5-7-16/h3-13,17H,1-2H3,(H,22,25)/t17-/m0/s1. The molecular weight excluding hydrogens is 336 g/mol. The minimum atomic E-state index is -0.332. The summed E-state index contributed by atoms with van der Waals surface area (Å²) >= 11 is 6.01. The third-order valence-electron chi connectivity index (χ3n) is 4.02. The zero-order valence-electron chi connectivity index (χ0n) is 14.1. The van der Waals surface area contributed by atoms with Crippen LogP contribution in [0.4, 0.5) is 10.5 Å². The third kappa shape index (κ3) is 3.83. The van der Waals surface area contributed by atoms with Gasteiger partial charge in [0.2, 0.25) is 0 Å². The van der Waals surface area contributed by atoms with Gasteiger partial charge in [-0.05, 0) is 29.8 Å². The Bertz CT molecular complexity index is 845. The Morgan fingerprint density at radius 1 is 1.16 bits per heavy atom. The Hall–Kier alpha value is -2.79. The molecule has 2 amide bonds. The third-order valence-corrected chi connectivity index (χ3v) is 4.27. The van der Waals surface area contributed by atoms with Crippen LogP contribution in [0.25, 0.3) is 0 Å². The topological polar surface area (TPSA) is 50.2 Å². The maximum absolute atomic E-state index is 12.8. The predicted molar refractivity (Wildman–Crippen MR) is 99.7 cm³/mol.